The lowest BCUT2D eigenvalue weighted by atomic mass is 9.92. The molecule has 0 amide bonds. The van der Waals surface area contributed by atoms with E-state index in [1.165, 1.54) is 43.8 Å². The summed E-state index contributed by atoms with van der Waals surface area (Å²) in [7, 11) is 0. The Morgan fingerprint density at radius 1 is 0.485 bits per heavy atom. The number of fused-ring (bicyclic) bond motifs is 10. The van der Waals surface area contributed by atoms with Gasteiger partial charge in [0, 0.05) is 16.2 Å². The van der Waals surface area contributed by atoms with Crippen molar-refractivity contribution in [2.75, 3.05) is 0 Å². The van der Waals surface area contributed by atoms with Crippen LogP contribution < -0.4 is 0 Å². The third kappa shape index (κ3) is 2.51. The molecule has 7 aromatic rings. The fourth-order valence-electron chi connectivity index (χ4n) is 5.38. The van der Waals surface area contributed by atoms with Crippen LogP contribution in [0.15, 0.2) is 108 Å². The number of halogens is 2. The summed E-state index contributed by atoms with van der Waals surface area (Å²) in [5, 5.41) is 9.82. The van der Waals surface area contributed by atoms with Crippen molar-refractivity contribution in [3.8, 4) is 5.69 Å². The van der Waals surface area contributed by atoms with Gasteiger partial charge < -0.3 is 4.57 Å². The second-order valence-electron chi connectivity index (χ2n) is 8.40. The Bertz CT molecular complexity index is 1860. The number of rotatable bonds is 1. The molecule has 0 unspecified atom stereocenters. The van der Waals surface area contributed by atoms with Crippen molar-refractivity contribution in [2.45, 2.75) is 0 Å². The third-order valence-electron chi connectivity index (χ3n) is 6.71. The van der Waals surface area contributed by atoms with E-state index >= 15 is 0 Å². The molecule has 1 heterocycles. The first-order chi connectivity index (χ1) is 16.2. The minimum absolute atomic E-state index is 0.268. The summed E-state index contributed by atoms with van der Waals surface area (Å²) < 4.78 is 17.2. The topological polar surface area (TPSA) is 4.93 Å². The quantitative estimate of drug-likeness (QED) is 0.202. The first-order valence-corrected chi connectivity index (χ1v) is 11.7. The van der Waals surface area contributed by atoms with E-state index in [0.717, 1.165) is 22.1 Å². The van der Waals surface area contributed by atoms with E-state index in [4.69, 9.17) is 0 Å². The molecule has 156 valence electrons. The standard InChI is InChI=1S/C30H17BrFN/c31-30-24(32)13-7-15-27(30)33-25-14-6-5-12-23(25)29-26(33)17-16-22-20-10-2-1-8-18(20)19-9-3-4-11-21(19)28(22)29/h1-17H. The molecule has 0 N–H and O–H groups in total. The predicted molar refractivity (Wildman–Crippen MR) is 141 cm³/mol. The van der Waals surface area contributed by atoms with Crippen LogP contribution in [-0.2, 0) is 0 Å². The van der Waals surface area contributed by atoms with Crippen molar-refractivity contribution in [3.05, 3.63) is 113 Å². The summed E-state index contributed by atoms with van der Waals surface area (Å²) in [5.74, 6) is -0.268. The van der Waals surface area contributed by atoms with E-state index in [1.807, 2.05) is 12.1 Å². The van der Waals surface area contributed by atoms with E-state index in [-0.39, 0.29) is 5.82 Å². The molecule has 0 radical (unpaired) electrons. The Morgan fingerprint density at radius 3 is 1.79 bits per heavy atom. The van der Waals surface area contributed by atoms with Crippen LogP contribution in [0.5, 0.6) is 0 Å². The maximum absolute atomic E-state index is 14.5. The molecule has 0 aliphatic heterocycles. The van der Waals surface area contributed by atoms with Gasteiger partial charge in [0.1, 0.15) is 5.82 Å². The lowest BCUT2D eigenvalue weighted by Crippen LogP contribution is -1.96. The maximum atomic E-state index is 14.5. The van der Waals surface area contributed by atoms with Crippen LogP contribution >= 0.6 is 15.9 Å². The number of para-hydroxylation sites is 1. The molecule has 0 fully saturated rings. The van der Waals surface area contributed by atoms with Gasteiger partial charge in [0.15, 0.2) is 0 Å². The molecule has 0 saturated heterocycles. The number of hydrogen-bond acceptors (Lipinski definition) is 0. The van der Waals surface area contributed by atoms with Crippen molar-refractivity contribution in [1.82, 2.24) is 4.57 Å². The second-order valence-corrected chi connectivity index (χ2v) is 9.19. The molecule has 0 saturated carbocycles. The largest absolute Gasteiger partial charge is 0.308 e. The van der Waals surface area contributed by atoms with E-state index < -0.39 is 0 Å². The zero-order valence-electron chi connectivity index (χ0n) is 17.5. The Labute approximate surface area is 197 Å². The summed E-state index contributed by atoms with van der Waals surface area (Å²) in [5.41, 5.74) is 2.92. The van der Waals surface area contributed by atoms with Crippen LogP contribution in [0.2, 0.25) is 0 Å². The highest BCUT2D eigenvalue weighted by Gasteiger charge is 2.19. The van der Waals surface area contributed by atoms with Crippen molar-refractivity contribution in [1.29, 1.82) is 0 Å². The van der Waals surface area contributed by atoms with Crippen LogP contribution in [0.3, 0.4) is 0 Å². The van der Waals surface area contributed by atoms with Gasteiger partial charge in [-0.1, -0.05) is 78.9 Å². The fraction of sp³-hybridized carbons (Fsp3) is 0. The Balaban J connectivity index is 1.81. The van der Waals surface area contributed by atoms with E-state index in [1.54, 1.807) is 6.07 Å². The molecule has 6 aromatic carbocycles. The molecule has 33 heavy (non-hydrogen) atoms. The zero-order chi connectivity index (χ0) is 22.1. The van der Waals surface area contributed by atoms with Gasteiger partial charge >= 0.3 is 0 Å². The smallest absolute Gasteiger partial charge is 0.139 e. The van der Waals surface area contributed by atoms with Crippen molar-refractivity contribution < 1.29 is 4.39 Å². The fourth-order valence-corrected chi connectivity index (χ4v) is 5.82. The van der Waals surface area contributed by atoms with Crippen molar-refractivity contribution in [3.63, 3.8) is 0 Å². The van der Waals surface area contributed by atoms with Gasteiger partial charge in [-0.15, -0.1) is 0 Å². The Morgan fingerprint density at radius 2 is 1.06 bits per heavy atom. The normalized spacial score (nSPS) is 11.9. The van der Waals surface area contributed by atoms with Gasteiger partial charge in [0.25, 0.3) is 0 Å². The predicted octanol–water partition coefficient (Wildman–Crippen LogP) is 9.14. The highest BCUT2D eigenvalue weighted by Crippen LogP contribution is 2.43. The molecule has 1 nitrogen and oxygen atoms in total. The summed E-state index contributed by atoms with van der Waals surface area (Å²) in [4.78, 5) is 0. The van der Waals surface area contributed by atoms with Crippen LogP contribution in [0.4, 0.5) is 4.39 Å². The summed E-state index contributed by atoms with van der Waals surface area (Å²) in [6.45, 7) is 0. The highest BCUT2D eigenvalue weighted by atomic mass is 79.9. The molecule has 0 aliphatic carbocycles. The number of benzene rings is 6. The van der Waals surface area contributed by atoms with Crippen LogP contribution in [-0.4, -0.2) is 4.57 Å². The van der Waals surface area contributed by atoms with Gasteiger partial charge in [-0.3, -0.25) is 0 Å². The molecular weight excluding hydrogens is 473 g/mol. The van der Waals surface area contributed by atoms with Gasteiger partial charge in [-0.2, -0.15) is 0 Å². The minimum atomic E-state index is -0.268. The van der Waals surface area contributed by atoms with Crippen molar-refractivity contribution >= 4 is 70.1 Å². The number of aromatic nitrogens is 1. The number of nitrogens with zero attached hydrogens (tertiary/aromatic N) is 1. The lowest BCUT2D eigenvalue weighted by molar-refractivity contribution is 0.620. The molecule has 0 spiro atoms. The van der Waals surface area contributed by atoms with Gasteiger partial charge in [0.2, 0.25) is 0 Å². The first kappa shape index (κ1) is 18.8. The van der Waals surface area contributed by atoms with Crippen LogP contribution in [0.25, 0.3) is 59.8 Å². The summed E-state index contributed by atoms with van der Waals surface area (Å²) in [6.07, 6.45) is 0. The maximum Gasteiger partial charge on any atom is 0.139 e. The summed E-state index contributed by atoms with van der Waals surface area (Å²) in [6, 6.07) is 35.3. The lowest BCUT2D eigenvalue weighted by Gasteiger charge is -2.13. The number of hydrogen-bond donors (Lipinski definition) is 0. The third-order valence-corrected chi connectivity index (χ3v) is 7.50. The average Bonchev–Trinajstić information content (AvgIpc) is 3.20. The molecular formula is C30H17BrFN. The first-order valence-electron chi connectivity index (χ1n) is 10.9. The minimum Gasteiger partial charge on any atom is -0.308 e. The van der Waals surface area contributed by atoms with Gasteiger partial charge in [-0.05, 0) is 67.1 Å². The van der Waals surface area contributed by atoms with Crippen LogP contribution in [0, 0.1) is 5.82 Å². The molecule has 7 rings (SSSR count). The molecule has 0 bridgehead atoms. The zero-order valence-corrected chi connectivity index (χ0v) is 19.1. The van der Waals surface area contributed by atoms with Gasteiger partial charge in [-0.25, -0.2) is 4.39 Å². The van der Waals surface area contributed by atoms with Crippen molar-refractivity contribution in [2.24, 2.45) is 0 Å². The summed E-state index contributed by atoms with van der Waals surface area (Å²) >= 11 is 3.50. The molecule has 3 heteroatoms. The SMILES string of the molecule is Fc1cccc(-n2c3ccccc3c3c4c5ccccc5c5ccccc5c4ccc32)c1Br. The molecule has 0 atom stereocenters. The molecule has 0 aliphatic rings. The average molecular weight is 490 g/mol. The Hall–Kier alpha value is -3.69. The monoisotopic (exact) mass is 489 g/mol. The second kappa shape index (κ2) is 6.90. The van der Waals surface area contributed by atoms with E-state index in [0.29, 0.717) is 4.47 Å². The van der Waals surface area contributed by atoms with Crippen LogP contribution in [0.1, 0.15) is 0 Å². The van der Waals surface area contributed by atoms with Gasteiger partial charge in [0.05, 0.1) is 21.2 Å². The van der Waals surface area contributed by atoms with E-state index in [9.17, 15) is 4.39 Å². The van der Waals surface area contributed by atoms with E-state index in [2.05, 4.69) is 99.4 Å². The highest BCUT2D eigenvalue weighted by molar-refractivity contribution is 9.10. The Kier molecular flexibility index (Phi) is 3.94. The molecule has 1 aromatic heterocycles.